The Morgan fingerprint density at radius 3 is 2.73 bits per heavy atom. The normalized spacial score (nSPS) is 18.1. The van der Waals surface area contributed by atoms with E-state index in [-0.39, 0.29) is 5.91 Å². The summed E-state index contributed by atoms with van der Waals surface area (Å²) >= 11 is 4.98. The van der Waals surface area contributed by atoms with Gasteiger partial charge in [-0.15, -0.1) is 11.3 Å². The van der Waals surface area contributed by atoms with Gasteiger partial charge in [0.1, 0.15) is 0 Å². The van der Waals surface area contributed by atoms with Crippen molar-refractivity contribution in [3.63, 3.8) is 0 Å². The molecule has 1 amide bonds. The topological polar surface area (TPSA) is 20.3 Å². The van der Waals surface area contributed by atoms with E-state index >= 15 is 0 Å². The molecule has 2 heterocycles. The van der Waals surface area contributed by atoms with Crippen LogP contribution in [0.25, 0.3) is 0 Å². The van der Waals surface area contributed by atoms with E-state index in [1.165, 1.54) is 0 Å². The molecule has 0 N–H and O–H groups in total. The third kappa shape index (κ3) is 2.42. The van der Waals surface area contributed by atoms with E-state index in [2.05, 4.69) is 22.9 Å². The Balaban J connectivity index is 2.06. The molecule has 4 heteroatoms. The highest BCUT2D eigenvalue weighted by Crippen LogP contribution is 2.26. The predicted molar refractivity (Wildman–Crippen MR) is 66.3 cm³/mol. The van der Waals surface area contributed by atoms with E-state index in [9.17, 15) is 4.79 Å². The number of rotatable bonds is 1. The maximum absolute atomic E-state index is 12.1. The van der Waals surface area contributed by atoms with Gasteiger partial charge in [0.05, 0.1) is 9.35 Å². The largest absolute Gasteiger partial charge is 0.339 e. The fourth-order valence-corrected chi connectivity index (χ4v) is 3.06. The highest BCUT2D eigenvalue weighted by Gasteiger charge is 2.22. The molecular formula is C11H14BrNOS. The average molecular weight is 288 g/mol. The van der Waals surface area contributed by atoms with E-state index < -0.39 is 0 Å². The molecule has 0 aromatic carbocycles. The number of hydrogen-bond donors (Lipinski definition) is 0. The van der Waals surface area contributed by atoms with E-state index in [1.54, 1.807) is 11.3 Å². The van der Waals surface area contributed by atoms with Crippen LogP contribution in [0.2, 0.25) is 0 Å². The fraction of sp³-hybridized carbons (Fsp3) is 0.545. The van der Waals surface area contributed by atoms with Crippen LogP contribution in [-0.4, -0.2) is 23.9 Å². The second-order valence-electron chi connectivity index (χ2n) is 4.08. The van der Waals surface area contributed by atoms with Crippen molar-refractivity contribution >= 4 is 33.2 Å². The summed E-state index contributed by atoms with van der Waals surface area (Å²) in [6.45, 7) is 4.06. The lowest BCUT2D eigenvalue weighted by atomic mass is 9.99. The standard InChI is InChI=1S/C11H14BrNOS/c1-8-2-5-13(6-3-8)11(14)9-4-7-15-10(9)12/h4,7-8H,2-3,5-6H2,1H3. The van der Waals surface area contributed by atoms with Crippen LogP contribution in [0.5, 0.6) is 0 Å². The first-order chi connectivity index (χ1) is 7.18. The molecule has 1 fully saturated rings. The Hall–Kier alpha value is -0.350. The molecule has 0 radical (unpaired) electrons. The van der Waals surface area contributed by atoms with Gasteiger partial charge in [-0.3, -0.25) is 4.79 Å². The van der Waals surface area contributed by atoms with E-state index in [0.29, 0.717) is 0 Å². The molecule has 1 saturated heterocycles. The Morgan fingerprint density at radius 1 is 1.53 bits per heavy atom. The molecule has 0 saturated carbocycles. The SMILES string of the molecule is CC1CCN(C(=O)c2ccsc2Br)CC1. The van der Waals surface area contributed by atoms with Crippen molar-refractivity contribution in [1.29, 1.82) is 0 Å². The molecule has 15 heavy (non-hydrogen) atoms. The van der Waals surface area contributed by atoms with Crippen LogP contribution in [0.4, 0.5) is 0 Å². The lowest BCUT2D eigenvalue weighted by Crippen LogP contribution is -2.37. The highest BCUT2D eigenvalue weighted by atomic mass is 79.9. The quantitative estimate of drug-likeness (QED) is 0.775. The van der Waals surface area contributed by atoms with Crippen molar-refractivity contribution in [3.05, 3.63) is 20.8 Å². The minimum atomic E-state index is 0.176. The van der Waals surface area contributed by atoms with Gasteiger partial charge < -0.3 is 4.90 Å². The number of halogens is 1. The van der Waals surface area contributed by atoms with Gasteiger partial charge in [-0.2, -0.15) is 0 Å². The Morgan fingerprint density at radius 2 is 2.20 bits per heavy atom. The Labute approximate surface area is 102 Å². The molecule has 1 aliphatic heterocycles. The van der Waals surface area contributed by atoms with Gasteiger partial charge in [0.25, 0.3) is 5.91 Å². The first kappa shape index (κ1) is 11.1. The Bertz CT molecular complexity index is 355. The molecule has 1 aromatic rings. The minimum absolute atomic E-state index is 0.176. The predicted octanol–water partition coefficient (Wildman–Crippen LogP) is 3.38. The second kappa shape index (κ2) is 4.66. The maximum Gasteiger partial charge on any atom is 0.255 e. The van der Waals surface area contributed by atoms with Crippen LogP contribution in [0.3, 0.4) is 0 Å². The van der Waals surface area contributed by atoms with Crippen LogP contribution < -0.4 is 0 Å². The summed E-state index contributed by atoms with van der Waals surface area (Å²) in [4.78, 5) is 14.1. The summed E-state index contributed by atoms with van der Waals surface area (Å²) in [5, 5.41) is 1.95. The number of hydrogen-bond acceptors (Lipinski definition) is 2. The van der Waals surface area contributed by atoms with Crippen molar-refractivity contribution in [2.45, 2.75) is 19.8 Å². The van der Waals surface area contributed by atoms with Crippen LogP contribution in [0.15, 0.2) is 15.2 Å². The van der Waals surface area contributed by atoms with E-state index in [4.69, 9.17) is 0 Å². The number of amides is 1. The molecule has 82 valence electrons. The molecule has 0 bridgehead atoms. The van der Waals surface area contributed by atoms with E-state index in [0.717, 1.165) is 41.2 Å². The van der Waals surface area contributed by atoms with Crippen molar-refractivity contribution in [2.24, 2.45) is 5.92 Å². The lowest BCUT2D eigenvalue weighted by Gasteiger charge is -2.30. The van der Waals surface area contributed by atoms with Crippen molar-refractivity contribution in [2.75, 3.05) is 13.1 Å². The lowest BCUT2D eigenvalue weighted by molar-refractivity contribution is 0.0697. The summed E-state index contributed by atoms with van der Waals surface area (Å²) in [5.41, 5.74) is 0.814. The number of carbonyl (C=O) groups is 1. The zero-order chi connectivity index (χ0) is 10.8. The van der Waals surface area contributed by atoms with Crippen molar-refractivity contribution in [3.8, 4) is 0 Å². The first-order valence-corrected chi connectivity index (χ1v) is 6.88. The van der Waals surface area contributed by atoms with E-state index in [1.807, 2.05) is 16.3 Å². The number of carbonyl (C=O) groups excluding carboxylic acids is 1. The summed E-state index contributed by atoms with van der Waals surface area (Å²) in [6, 6.07) is 1.90. The van der Waals surface area contributed by atoms with Crippen LogP contribution in [0.1, 0.15) is 30.1 Å². The summed E-state index contributed by atoms with van der Waals surface area (Å²) in [6.07, 6.45) is 2.26. The zero-order valence-corrected chi connectivity index (χ0v) is 11.1. The Kier molecular flexibility index (Phi) is 3.46. The van der Waals surface area contributed by atoms with Gasteiger partial charge in [0.15, 0.2) is 0 Å². The van der Waals surface area contributed by atoms with Gasteiger partial charge in [0, 0.05) is 13.1 Å². The van der Waals surface area contributed by atoms with Crippen LogP contribution in [0, 0.1) is 5.92 Å². The molecular weight excluding hydrogens is 274 g/mol. The summed E-state index contributed by atoms with van der Waals surface area (Å²) in [5.74, 6) is 0.940. The first-order valence-electron chi connectivity index (χ1n) is 5.20. The van der Waals surface area contributed by atoms with Gasteiger partial charge in [0.2, 0.25) is 0 Å². The van der Waals surface area contributed by atoms with Gasteiger partial charge in [-0.1, -0.05) is 6.92 Å². The molecule has 1 aromatic heterocycles. The fourth-order valence-electron chi connectivity index (χ4n) is 1.83. The van der Waals surface area contributed by atoms with Gasteiger partial charge in [-0.25, -0.2) is 0 Å². The zero-order valence-electron chi connectivity index (χ0n) is 8.70. The molecule has 2 rings (SSSR count). The van der Waals surface area contributed by atoms with Crippen LogP contribution in [-0.2, 0) is 0 Å². The number of thiophene rings is 1. The van der Waals surface area contributed by atoms with Gasteiger partial charge >= 0.3 is 0 Å². The molecule has 1 aliphatic rings. The number of likely N-dealkylation sites (tertiary alicyclic amines) is 1. The molecule has 0 aliphatic carbocycles. The highest BCUT2D eigenvalue weighted by molar-refractivity contribution is 9.11. The smallest absolute Gasteiger partial charge is 0.255 e. The monoisotopic (exact) mass is 287 g/mol. The van der Waals surface area contributed by atoms with Crippen molar-refractivity contribution in [1.82, 2.24) is 4.90 Å². The van der Waals surface area contributed by atoms with Crippen LogP contribution >= 0.6 is 27.3 Å². The maximum atomic E-state index is 12.1. The third-order valence-corrected chi connectivity index (χ3v) is 4.61. The second-order valence-corrected chi connectivity index (χ2v) is 6.32. The molecule has 2 nitrogen and oxygen atoms in total. The van der Waals surface area contributed by atoms with Gasteiger partial charge in [-0.05, 0) is 46.1 Å². The molecule has 0 spiro atoms. The summed E-state index contributed by atoms with van der Waals surface area (Å²) in [7, 11) is 0. The molecule has 0 atom stereocenters. The number of nitrogens with zero attached hydrogens (tertiary/aromatic N) is 1. The minimum Gasteiger partial charge on any atom is -0.339 e. The summed E-state index contributed by atoms with van der Waals surface area (Å²) < 4.78 is 0.950. The van der Waals surface area contributed by atoms with Crippen molar-refractivity contribution < 1.29 is 4.79 Å². The number of piperidine rings is 1. The third-order valence-electron chi connectivity index (χ3n) is 2.92. The molecule has 0 unspecified atom stereocenters. The average Bonchev–Trinajstić information content (AvgIpc) is 2.65.